The lowest BCUT2D eigenvalue weighted by molar-refractivity contribution is 0.0681. The number of nitrogens with zero attached hydrogens (tertiary/aromatic N) is 1. The summed E-state index contributed by atoms with van der Waals surface area (Å²) in [6.45, 7) is 6.25. The van der Waals surface area contributed by atoms with Gasteiger partial charge in [0.05, 0.1) is 0 Å². The highest BCUT2D eigenvalue weighted by atomic mass is 35.5. The maximum absolute atomic E-state index is 13.6. The molecule has 19 heavy (non-hydrogen) atoms. The first-order chi connectivity index (χ1) is 9.04. The van der Waals surface area contributed by atoms with Crippen molar-refractivity contribution in [2.24, 2.45) is 0 Å². The molecule has 1 aromatic carbocycles. The smallest absolute Gasteiger partial charge is 0.254 e. The Morgan fingerprint density at radius 3 is 2.47 bits per heavy atom. The molecule has 106 valence electrons. The van der Waals surface area contributed by atoms with E-state index in [2.05, 4.69) is 0 Å². The Hall–Kier alpha value is -1.09. The van der Waals surface area contributed by atoms with E-state index in [1.54, 1.807) is 24.0 Å². The molecule has 0 N–H and O–H groups in total. The molecule has 0 atom stereocenters. The molecular weight excluding hydrogens is 265 g/mol. The van der Waals surface area contributed by atoms with Crippen LogP contribution in [0, 0.1) is 12.7 Å². The van der Waals surface area contributed by atoms with Gasteiger partial charge < -0.3 is 4.90 Å². The van der Waals surface area contributed by atoms with Gasteiger partial charge in [0, 0.05) is 24.0 Å². The van der Waals surface area contributed by atoms with Crippen molar-refractivity contribution in [1.82, 2.24) is 4.90 Å². The van der Waals surface area contributed by atoms with Crippen molar-refractivity contribution in [3.63, 3.8) is 0 Å². The number of amides is 1. The summed E-state index contributed by atoms with van der Waals surface area (Å²) >= 11 is 5.77. The Labute approximate surface area is 119 Å². The largest absolute Gasteiger partial charge is 0.334 e. The van der Waals surface area contributed by atoms with Crippen molar-refractivity contribution in [2.45, 2.75) is 39.7 Å². The average molecular weight is 286 g/mol. The van der Waals surface area contributed by atoms with Gasteiger partial charge in [-0.1, -0.05) is 19.9 Å². The maximum Gasteiger partial charge on any atom is 0.254 e. The van der Waals surface area contributed by atoms with Gasteiger partial charge in [-0.05, 0) is 37.5 Å². The number of benzene rings is 1. The van der Waals surface area contributed by atoms with Crippen LogP contribution in [0.5, 0.6) is 0 Å². The van der Waals surface area contributed by atoms with Crippen LogP contribution in [0.1, 0.15) is 42.6 Å². The summed E-state index contributed by atoms with van der Waals surface area (Å²) < 4.78 is 13.6. The van der Waals surface area contributed by atoms with E-state index in [0.717, 1.165) is 12.8 Å². The van der Waals surface area contributed by atoms with Crippen molar-refractivity contribution >= 4 is 17.5 Å². The number of aryl methyl sites for hydroxylation is 1. The molecule has 2 nitrogen and oxygen atoms in total. The summed E-state index contributed by atoms with van der Waals surface area (Å²) in [6, 6.07) is 4.76. The van der Waals surface area contributed by atoms with Gasteiger partial charge in [-0.3, -0.25) is 4.79 Å². The predicted molar refractivity (Wildman–Crippen MR) is 77.3 cm³/mol. The molecule has 0 saturated carbocycles. The molecule has 0 unspecified atom stereocenters. The van der Waals surface area contributed by atoms with Gasteiger partial charge in [-0.15, -0.1) is 11.6 Å². The molecule has 0 aromatic heterocycles. The third-order valence-electron chi connectivity index (χ3n) is 3.39. The molecule has 0 aliphatic carbocycles. The predicted octanol–water partition coefficient (Wildman–Crippen LogP) is 4.00. The molecule has 1 aromatic rings. The summed E-state index contributed by atoms with van der Waals surface area (Å²) in [5.41, 5.74) is 0.933. The van der Waals surface area contributed by atoms with E-state index >= 15 is 0 Å². The highest BCUT2D eigenvalue weighted by Crippen LogP contribution is 2.16. The number of hydrogen-bond donors (Lipinski definition) is 0. The monoisotopic (exact) mass is 285 g/mol. The molecule has 0 bridgehead atoms. The van der Waals surface area contributed by atoms with Crippen molar-refractivity contribution in [3.8, 4) is 0 Å². The van der Waals surface area contributed by atoms with E-state index in [4.69, 9.17) is 11.6 Å². The Morgan fingerprint density at radius 1 is 1.37 bits per heavy atom. The van der Waals surface area contributed by atoms with Gasteiger partial charge in [0.2, 0.25) is 0 Å². The molecule has 0 radical (unpaired) electrons. The molecule has 0 fully saturated rings. The van der Waals surface area contributed by atoms with Crippen molar-refractivity contribution < 1.29 is 9.18 Å². The Kier molecular flexibility index (Phi) is 6.29. The van der Waals surface area contributed by atoms with Crippen LogP contribution in [-0.2, 0) is 0 Å². The lowest BCUT2D eigenvalue weighted by atomic mass is 10.1. The zero-order chi connectivity index (χ0) is 14.4. The molecule has 1 rings (SSSR count). The van der Waals surface area contributed by atoms with Gasteiger partial charge in [0.1, 0.15) is 5.82 Å². The Bertz CT molecular complexity index is 432. The molecule has 0 aliphatic heterocycles. The number of halogens is 2. The number of carbonyl (C=O) groups is 1. The lowest BCUT2D eigenvalue weighted by Crippen LogP contribution is -2.41. The van der Waals surface area contributed by atoms with Crippen molar-refractivity contribution in [3.05, 3.63) is 35.1 Å². The molecule has 1 amide bonds. The highest BCUT2D eigenvalue weighted by Gasteiger charge is 2.22. The summed E-state index contributed by atoms with van der Waals surface area (Å²) in [5, 5.41) is 0. The average Bonchev–Trinajstić information content (AvgIpc) is 2.41. The van der Waals surface area contributed by atoms with Gasteiger partial charge in [0.25, 0.3) is 5.91 Å². The second-order valence-electron chi connectivity index (χ2n) is 4.62. The van der Waals surface area contributed by atoms with Crippen LogP contribution in [0.2, 0.25) is 0 Å². The van der Waals surface area contributed by atoms with Crippen LogP contribution >= 0.6 is 11.6 Å². The number of carbonyl (C=O) groups excluding carboxylic acids is 1. The van der Waals surface area contributed by atoms with E-state index < -0.39 is 0 Å². The second kappa shape index (κ2) is 7.49. The third-order valence-corrected chi connectivity index (χ3v) is 3.56. The fourth-order valence-corrected chi connectivity index (χ4v) is 2.34. The van der Waals surface area contributed by atoms with Crippen LogP contribution in [0.15, 0.2) is 18.2 Å². The van der Waals surface area contributed by atoms with Crippen molar-refractivity contribution in [2.75, 3.05) is 12.4 Å². The molecule has 4 heteroatoms. The van der Waals surface area contributed by atoms with E-state index in [1.807, 2.05) is 13.8 Å². The first kappa shape index (κ1) is 16.0. The topological polar surface area (TPSA) is 20.3 Å². The van der Waals surface area contributed by atoms with E-state index in [9.17, 15) is 9.18 Å². The minimum atomic E-state index is -0.346. The van der Waals surface area contributed by atoms with Crippen LogP contribution in [-0.4, -0.2) is 29.3 Å². The molecule has 0 spiro atoms. The van der Waals surface area contributed by atoms with Gasteiger partial charge in [0.15, 0.2) is 0 Å². The molecule has 0 heterocycles. The fraction of sp³-hybridized carbons (Fsp3) is 0.533. The lowest BCUT2D eigenvalue weighted by Gasteiger charge is -2.30. The van der Waals surface area contributed by atoms with Crippen molar-refractivity contribution in [1.29, 1.82) is 0 Å². The second-order valence-corrected chi connectivity index (χ2v) is 5.00. The first-order valence-electron chi connectivity index (χ1n) is 6.68. The Morgan fingerprint density at radius 2 is 2.00 bits per heavy atom. The molecular formula is C15H21ClFNO. The summed E-state index contributed by atoms with van der Waals surface area (Å²) in [6.07, 6.45) is 1.74. The standard InChI is InChI=1S/C15H21ClFNO/c1-4-13(5-2)18(9-8-16)15(19)12-7-6-11(3)14(17)10-12/h6-7,10,13H,4-5,8-9H2,1-3H3. The summed E-state index contributed by atoms with van der Waals surface area (Å²) in [4.78, 5) is 14.2. The quantitative estimate of drug-likeness (QED) is 0.723. The van der Waals surface area contributed by atoms with Crippen LogP contribution in [0.3, 0.4) is 0 Å². The van der Waals surface area contributed by atoms with Crippen LogP contribution in [0.4, 0.5) is 4.39 Å². The first-order valence-corrected chi connectivity index (χ1v) is 7.21. The normalized spacial score (nSPS) is 10.8. The fourth-order valence-electron chi connectivity index (χ4n) is 2.16. The van der Waals surface area contributed by atoms with Gasteiger partial charge in [-0.2, -0.15) is 0 Å². The number of rotatable bonds is 6. The third kappa shape index (κ3) is 3.93. The maximum atomic E-state index is 13.6. The summed E-state index contributed by atoms with van der Waals surface area (Å²) in [5.74, 6) is -0.106. The zero-order valence-electron chi connectivity index (χ0n) is 11.7. The zero-order valence-corrected chi connectivity index (χ0v) is 12.5. The van der Waals surface area contributed by atoms with E-state index in [-0.39, 0.29) is 17.8 Å². The molecule has 0 aliphatic rings. The number of hydrogen-bond acceptors (Lipinski definition) is 1. The van der Waals surface area contributed by atoms with Gasteiger partial charge in [-0.25, -0.2) is 4.39 Å². The minimum absolute atomic E-state index is 0.145. The summed E-state index contributed by atoms with van der Waals surface area (Å²) in [7, 11) is 0. The molecule has 0 saturated heterocycles. The van der Waals surface area contributed by atoms with E-state index in [1.165, 1.54) is 6.07 Å². The van der Waals surface area contributed by atoms with E-state index in [0.29, 0.717) is 23.6 Å². The van der Waals surface area contributed by atoms with Crippen LogP contribution < -0.4 is 0 Å². The highest BCUT2D eigenvalue weighted by molar-refractivity contribution is 6.18. The minimum Gasteiger partial charge on any atom is -0.334 e. The van der Waals surface area contributed by atoms with Crippen LogP contribution in [0.25, 0.3) is 0 Å². The number of alkyl halides is 1. The SMILES string of the molecule is CCC(CC)N(CCCl)C(=O)c1ccc(C)c(F)c1. The Balaban J connectivity index is 3.01. The van der Waals surface area contributed by atoms with Gasteiger partial charge >= 0.3 is 0 Å².